The van der Waals surface area contributed by atoms with Gasteiger partial charge in [0.2, 0.25) is 0 Å². The lowest BCUT2D eigenvalue weighted by Gasteiger charge is -2.20. The minimum absolute atomic E-state index is 0.181. The Kier molecular flexibility index (Phi) is 2.96. The third-order valence-electron chi connectivity index (χ3n) is 1.70. The molecule has 1 N–H and O–H groups in total. The van der Waals surface area contributed by atoms with E-state index in [1.54, 1.807) is 0 Å². The standard InChI is InChI=1S/C7H6F3NO4/c8-7(9,10)6(14)11-3-1-2-4(12)15-5(3)13/h3H,1-2H2,(H,11,14)/t3-/m1/s1. The van der Waals surface area contributed by atoms with Crippen molar-refractivity contribution in [3.05, 3.63) is 0 Å². The first-order chi connectivity index (χ1) is 6.80. The normalized spacial score (nSPS) is 22.2. The predicted molar refractivity (Wildman–Crippen MR) is 38.3 cm³/mol. The van der Waals surface area contributed by atoms with Gasteiger partial charge < -0.3 is 10.1 Å². The first-order valence-corrected chi connectivity index (χ1v) is 3.93. The van der Waals surface area contributed by atoms with Crippen molar-refractivity contribution in [2.24, 2.45) is 0 Å². The fourth-order valence-electron chi connectivity index (χ4n) is 0.986. The minimum atomic E-state index is -5.05. The number of halogens is 3. The van der Waals surface area contributed by atoms with Crippen LogP contribution in [-0.4, -0.2) is 30.1 Å². The number of cyclic esters (lactones) is 2. The number of rotatable bonds is 1. The Balaban J connectivity index is 2.56. The molecule has 15 heavy (non-hydrogen) atoms. The molecule has 5 nitrogen and oxygen atoms in total. The number of ether oxygens (including phenoxy) is 1. The summed E-state index contributed by atoms with van der Waals surface area (Å²) in [4.78, 5) is 31.8. The highest BCUT2D eigenvalue weighted by Crippen LogP contribution is 2.16. The van der Waals surface area contributed by atoms with Crippen molar-refractivity contribution >= 4 is 17.8 Å². The molecule has 1 aliphatic rings. The molecular weight excluding hydrogens is 219 g/mol. The van der Waals surface area contributed by atoms with E-state index in [1.165, 1.54) is 5.32 Å². The first kappa shape index (κ1) is 11.5. The number of nitrogens with one attached hydrogen (secondary N) is 1. The third kappa shape index (κ3) is 2.93. The van der Waals surface area contributed by atoms with E-state index in [9.17, 15) is 27.6 Å². The van der Waals surface area contributed by atoms with Crippen molar-refractivity contribution in [1.82, 2.24) is 5.32 Å². The highest BCUT2D eigenvalue weighted by molar-refractivity contribution is 5.94. The summed E-state index contributed by atoms with van der Waals surface area (Å²) in [5.41, 5.74) is 0. The second-order valence-electron chi connectivity index (χ2n) is 2.86. The van der Waals surface area contributed by atoms with E-state index in [1.807, 2.05) is 0 Å². The van der Waals surface area contributed by atoms with Gasteiger partial charge in [0.05, 0.1) is 0 Å². The molecule has 84 valence electrons. The maximum atomic E-state index is 11.8. The van der Waals surface area contributed by atoms with E-state index in [0.717, 1.165) is 0 Å². The second-order valence-corrected chi connectivity index (χ2v) is 2.86. The Labute approximate surface area is 81.6 Å². The van der Waals surface area contributed by atoms with Crippen LogP contribution in [0.3, 0.4) is 0 Å². The highest BCUT2D eigenvalue weighted by atomic mass is 19.4. The minimum Gasteiger partial charge on any atom is -0.392 e. The van der Waals surface area contributed by atoms with Crippen LogP contribution in [0.25, 0.3) is 0 Å². The van der Waals surface area contributed by atoms with Gasteiger partial charge in [0.15, 0.2) is 0 Å². The molecule has 1 amide bonds. The highest BCUT2D eigenvalue weighted by Gasteiger charge is 2.42. The maximum Gasteiger partial charge on any atom is 0.471 e. The van der Waals surface area contributed by atoms with Crippen LogP contribution in [0.15, 0.2) is 0 Å². The average molecular weight is 225 g/mol. The largest absolute Gasteiger partial charge is 0.471 e. The topological polar surface area (TPSA) is 72.5 Å². The summed E-state index contributed by atoms with van der Waals surface area (Å²) in [6.07, 6.45) is -5.43. The number of esters is 2. The first-order valence-electron chi connectivity index (χ1n) is 3.93. The zero-order valence-corrected chi connectivity index (χ0v) is 7.26. The molecule has 0 aromatic heterocycles. The van der Waals surface area contributed by atoms with E-state index in [2.05, 4.69) is 4.74 Å². The third-order valence-corrected chi connectivity index (χ3v) is 1.70. The van der Waals surface area contributed by atoms with Gasteiger partial charge in [0, 0.05) is 6.42 Å². The van der Waals surface area contributed by atoms with Crippen LogP contribution in [0.1, 0.15) is 12.8 Å². The zero-order valence-electron chi connectivity index (χ0n) is 7.26. The Hall–Kier alpha value is -1.60. The smallest absolute Gasteiger partial charge is 0.392 e. The number of alkyl halides is 3. The molecule has 0 bridgehead atoms. The van der Waals surface area contributed by atoms with Crippen LogP contribution < -0.4 is 5.32 Å². The van der Waals surface area contributed by atoms with Gasteiger partial charge in [0.25, 0.3) is 0 Å². The van der Waals surface area contributed by atoms with Gasteiger partial charge in [-0.15, -0.1) is 0 Å². The predicted octanol–water partition coefficient (Wildman–Crippen LogP) is -0.103. The molecule has 0 aromatic rings. The molecule has 8 heteroatoms. The van der Waals surface area contributed by atoms with Gasteiger partial charge >= 0.3 is 24.0 Å². The molecular formula is C7H6F3NO4. The lowest BCUT2D eigenvalue weighted by molar-refractivity contribution is -0.178. The summed E-state index contributed by atoms with van der Waals surface area (Å²) in [6, 6.07) is -1.41. The number of carbonyl (C=O) groups is 3. The molecule has 1 aliphatic heterocycles. The van der Waals surface area contributed by atoms with Crippen LogP contribution in [-0.2, 0) is 19.1 Å². The summed E-state index contributed by atoms with van der Waals surface area (Å²) in [6.45, 7) is 0. The number of hydrogen-bond acceptors (Lipinski definition) is 4. The van der Waals surface area contributed by atoms with Crippen molar-refractivity contribution in [3.63, 3.8) is 0 Å². The molecule has 0 unspecified atom stereocenters. The Morgan fingerprint density at radius 2 is 2.00 bits per heavy atom. The quantitative estimate of drug-likeness (QED) is 0.499. The van der Waals surface area contributed by atoms with Gasteiger partial charge in [-0.3, -0.25) is 9.59 Å². The zero-order chi connectivity index (χ0) is 11.6. The Morgan fingerprint density at radius 1 is 1.40 bits per heavy atom. The van der Waals surface area contributed by atoms with Crippen molar-refractivity contribution in [3.8, 4) is 0 Å². The molecule has 0 saturated carbocycles. The van der Waals surface area contributed by atoms with Crippen LogP contribution in [0.2, 0.25) is 0 Å². The fraction of sp³-hybridized carbons (Fsp3) is 0.571. The van der Waals surface area contributed by atoms with E-state index < -0.39 is 30.1 Å². The Bertz CT molecular complexity index is 312. The molecule has 1 saturated heterocycles. The molecule has 0 radical (unpaired) electrons. The molecule has 0 aromatic carbocycles. The van der Waals surface area contributed by atoms with Gasteiger partial charge in [-0.1, -0.05) is 0 Å². The van der Waals surface area contributed by atoms with Crippen LogP contribution in [0.4, 0.5) is 13.2 Å². The molecule has 0 spiro atoms. The van der Waals surface area contributed by atoms with Crippen molar-refractivity contribution < 1.29 is 32.3 Å². The summed E-state index contributed by atoms with van der Waals surface area (Å²) < 4.78 is 39.4. The SMILES string of the molecule is O=C1CC[C@@H](NC(=O)C(F)(F)F)C(=O)O1. The molecule has 1 fully saturated rings. The second kappa shape index (κ2) is 3.87. The summed E-state index contributed by atoms with van der Waals surface area (Å²) in [5.74, 6) is -4.19. The molecule has 1 atom stereocenters. The van der Waals surface area contributed by atoms with E-state index in [-0.39, 0.29) is 12.8 Å². The van der Waals surface area contributed by atoms with Crippen LogP contribution in [0, 0.1) is 0 Å². The van der Waals surface area contributed by atoms with Gasteiger partial charge in [0.1, 0.15) is 6.04 Å². The monoisotopic (exact) mass is 225 g/mol. The van der Waals surface area contributed by atoms with E-state index in [0.29, 0.717) is 0 Å². The number of amides is 1. The molecule has 1 heterocycles. The molecule has 0 aliphatic carbocycles. The van der Waals surface area contributed by atoms with Gasteiger partial charge in [-0.25, -0.2) is 4.79 Å². The van der Waals surface area contributed by atoms with Crippen molar-refractivity contribution in [1.29, 1.82) is 0 Å². The lowest BCUT2D eigenvalue weighted by Crippen LogP contribution is -2.49. The average Bonchev–Trinajstić information content (AvgIpc) is 2.08. The van der Waals surface area contributed by atoms with Crippen molar-refractivity contribution in [2.45, 2.75) is 25.1 Å². The number of hydrogen-bond donors (Lipinski definition) is 1. The van der Waals surface area contributed by atoms with Gasteiger partial charge in [-0.05, 0) is 6.42 Å². The maximum absolute atomic E-state index is 11.8. The summed E-state index contributed by atoms with van der Waals surface area (Å²) >= 11 is 0. The van der Waals surface area contributed by atoms with E-state index >= 15 is 0 Å². The van der Waals surface area contributed by atoms with Crippen LogP contribution >= 0.6 is 0 Å². The Morgan fingerprint density at radius 3 is 2.47 bits per heavy atom. The molecule has 1 rings (SSSR count). The van der Waals surface area contributed by atoms with Gasteiger partial charge in [-0.2, -0.15) is 13.2 Å². The van der Waals surface area contributed by atoms with E-state index in [4.69, 9.17) is 0 Å². The number of carbonyl (C=O) groups excluding carboxylic acids is 3. The summed E-state index contributed by atoms with van der Waals surface area (Å²) in [5, 5.41) is 1.44. The lowest BCUT2D eigenvalue weighted by atomic mass is 10.1. The summed E-state index contributed by atoms with van der Waals surface area (Å²) in [7, 11) is 0. The fourth-order valence-corrected chi connectivity index (χ4v) is 0.986. The van der Waals surface area contributed by atoms with Crippen LogP contribution in [0.5, 0.6) is 0 Å². The van der Waals surface area contributed by atoms with Crippen molar-refractivity contribution in [2.75, 3.05) is 0 Å².